The molecule has 0 saturated heterocycles. The molecule has 24 heavy (non-hydrogen) atoms. The Balaban J connectivity index is 0.00000288. The predicted octanol–water partition coefficient (Wildman–Crippen LogP) is 4.10. The van der Waals surface area contributed by atoms with E-state index in [-0.39, 0.29) is 29.9 Å². The van der Waals surface area contributed by atoms with E-state index in [1.807, 2.05) is 30.3 Å². The molecule has 0 spiro atoms. The van der Waals surface area contributed by atoms with Gasteiger partial charge in [-0.1, -0.05) is 29.8 Å². The lowest BCUT2D eigenvalue weighted by molar-refractivity contribution is -0.116. The number of nitrogens with one attached hydrogen (secondary N) is 2. The van der Waals surface area contributed by atoms with Gasteiger partial charge in [-0.3, -0.25) is 9.79 Å². The molecule has 0 atom stereocenters. The average Bonchev–Trinajstić information content (AvgIpc) is 2.55. The molecule has 0 radical (unpaired) electrons. The van der Waals surface area contributed by atoms with Gasteiger partial charge in [0, 0.05) is 29.4 Å². The minimum absolute atomic E-state index is 0. The molecule has 0 aliphatic carbocycles. The Morgan fingerprint density at radius 2 is 1.62 bits per heavy atom. The van der Waals surface area contributed by atoms with Gasteiger partial charge in [-0.2, -0.15) is 0 Å². The van der Waals surface area contributed by atoms with Crippen LogP contribution >= 0.6 is 35.6 Å². The predicted molar refractivity (Wildman–Crippen MR) is 111 cm³/mol. The highest BCUT2D eigenvalue weighted by Crippen LogP contribution is 2.13. The molecule has 0 heterocycles. The highest BCUT2D eigenvalue weighted by atomic mass is 127. The zero-order chi connectivity index (χ0) is 16.5. The number of carbonyl (C=O) groups is 1. The number of hydrogen-bond acceptors (Lipinski definition) is 2. The van der Waals surface area contributed by atoms with Gasteiger partial charge in [0.2, 0.25) is 5.91 Å². The molecule has 0 bridgehead atoms. The number of rotatable bonds is 6. The summed E-state index contributed by atoms with van der Waals surface area (Å²) in [5, 5.41) is 6.43. The van der Waals surface area contributed by atoms with Crippen molar-refractivity contribution in [2.75, 3.05) is 17.2 Å². The van der Waals surface area contributed by atoms with Crippen LogP contribution in [0.15, 0.2) is 59.6 Å². The maximum Gasteiger partial charge on any atom is 0.224 e. The minimum Gasteiger partial charge on any atom is -0.370 e. The topological polar surface area (TPSA) is 79.5 Å². The van der Waals surface area contributed by atoms with Gasteiger partial charge in [0.15, 0.2) is 5.96 Å². The van der Waals surface area contributed by atoms with Crippen LogP contribution in [-0.4, -0.2) is 18.4 Å². The van der Waals surface area contributed by atoms with Crippen LogP contribution in [0.25, 0.3) is 0 Å². The van der Waals surface area contributed by atoms with Crippen LogP contribution < -0.4 is 16.4 Å². The Kier molecular flexibility index (Phi) is 9.18. The number of hydrogen-bond donors (Lipinski definition) is 3. The van der Waals surface area contributed by atoms with Gasteiger partial charge in [-0.15, -0.1) is 24.0 Å². The number of guanidine groups is 1. The van der Waals surface area contributed by atoms with E-state index in [0.717, 1.165) is 11.4 Å². The Bertz CT molecular complexity index is 662. The van der Waals surface area contributed by atoms with Crippen LogP contribution in [0.2, 0.25) is 5.02 Å². The highest BCUT2D eigenvalue weighted by molar-refractivity contribution is 14.0. The summed E-state index contributed by atoms with van der Waals surface area (Å²) in [4.78, 5) is 16.0. The van der Waals surface area contributed by atoms with E-state index in [0.29, 0.717) is 30.4 Å². The quantitative estimate of drug-likeness (QED) is 0.264. The number of nitrogens with zero attached hydrogens (tertiary/aromatic N) is 1. The average molecular weight is 459 g/mol. The number of para-hydroxylation sites is 1. The molecule has 0 saturated carbocycles. The SMILES string of the molecule is I.NC(=NCCCC(=O)Nc1ccc(Cl)cc1)Nc1ccccc1. The van der Waals surface area contributed by atoms with E-state index in [1.165, 1.54) is 0 Å². The third-order valence-electron chi connectivity index (χ3n) is 3.02. The molecular formula is C17H20ClIN4O. The molecule has 4 N–H and O–H groups in total. The molecular weight excluding hydrogens is 439 g/mol. The summed E-state index contributed by atoms with van der Waals surface area (Å²) in [5.41, 5.74) is 7.40. The third kappa shape index (κ3) is 7.65. The standard InChI is InChI=1S/C17H19ClN4O.HI/c18-13-8-10-15(11-9-13)21-16(23)7-4-12-20-17(19)22-14-5-2-1-3-6-14;/h1-3,5-6,8-11H,4,7,12H2,(H,21,23)(H3,19,20,22);1H. The van der Waals surface area contributed by atoms with Gasteiger partial charge >= 0.3 is 0 Å². The van der Waals surface area contributed by atoms with Crippen molar-refractivity contribution in [3.63, 3.8) is 0 Å². The maximum absolute atomic E-state index is 11.8. The van der Waals surface area contributed by atoms with Crippen molar-refractivity contribution in [1.29, 1.82) is 0 Å². The van der Waals surface area contributed by atoms with E-state index in [1.54, 1.807) is 24.3 Å². The molecule has 2 rings (SSSR count). The van der Waals surface area contributed by atoms with Gasteiger partial charge in [0.1, 0.15) is 0 Å². The Morgan fingerprint density at radius 1 is 1.00 bits per heavy atom. The minimum atomic E-state index is -0.0582. The summed E-state index contributed by atoms with van der Waals surface area (Å²) < 4.78 is 0. The molecule has 7 heteroatoms. The molecule has 0 fully saturated rings. The number of nitrogens with two attached hydrogens (primary N) is 1. The zero-order valence-electron chi connectivity index (χ0n) is 13.0. The molecule has 0 aliphatic heterocycles. The van der Waals surface area contributed by atoms with Crippen LogP contribution in [0.5, 0.6) is 0 Å². The first-order valence-electron chi connectivity index (χ1n) is 7.31. The number of benzene rings is 2. The second-order valence-corrected chi connectivity index (χ2v) is 5.35. The van der Waals surface area contributed by atoms with Crippen LogP contribution in [-0.2, 0) is 4.79 Å². The lowest BCUT2D eigenvalue weighted by atomic mass is 10.2. The summed E-state index contributed by atoms with van der Waals surface area (Å²) >= 11 is 5.79. The summed E-state index contributed by atoms with van der Waals surface area (Å²) in [6.07, 6.45) is 1.00. The Hall–Kier alpha value is -1.80. The van der Waals surface area contributed by atoms with Crippen molar-refractivity contribution in [2.45, 2.75) is 12.8 Å². The van der Waals surface area contributed by atoms with Gasteiger partial charge in [-0.25, -0.2) is 0 Å². The second-order valence-electron chi connectivity index (χ2n) is 4.92. The molecule has 128 valence electrons. The van der Waals surface area contributed by atoms with Gasteiger partial charge < -0.3 is 16.4 Å². The summed E-state index contributed by atoms with van der Waals surface area (Å²) in [6, 6.07) is 16.6. The Morgan fingerprint density at radius 3 is 2.29 bits per heavy atom. The largest absolute Gasteiger partial charge is 0.370 e. The van der Waals surface area contributed by atoms with E-state index < -0.39 is 0 Å². The third-order valence-corrected chi connectivity index (χ3v) is 3.27. The number of halogens is 2. The van der Waals surface area contributed by atoms with E-state index in [9.17, 15) is 4.79 Å². The number of anilines is 2. The number of amides is 1. The molecule has 0 unspecified atom stereocenters. The fraction of sp³-hybridized carbons (Fsp3) is 0.176. The monoisotopic (exact) mass is 458 g/mol. The van der Waals surface area contributed by atoms with Crippen molar-refractivity contribution < 1.29 is 4.79 Å². The van der Waals surface area contributed by atoms with Gasteiger partial charge in [-0.05, 0) is 42.8 Å². The van der Waals surface area contributed by atoms with E-state index >= 15 is 0 Å². The van der Waals surface area contributed by atoms with Crippen molar-refractivity contribution in [3.05, 3.63) is 59.6 Å². The number of carbonyl (C=O) groups excluding carboxylic acids is 1. The van der Waals surface area contributed by atoms with E-state index in [2.05, 4.69) is 15.6 Å². The second kappa shape index (κ2) is 10.9. The fourth-order valence-electron chi connectivity index (χ4n) is 1.90. The molecule has 1 amide bonds. The van der Waals surface area contributed by atoms with Gasteiger partial charge in [0.25, 0.3) is 0 Å². The first-order valence-corrected chi connectivity index (χ1v) is 7.69. The molecule has 0 aromatic heterocycles. The first kappa shape index (κ1) is 20.2. The fourth-order valence-corrected chi connectivity index (χ4v) is 2.03. The molecule has 0 aliphatic rings. The van der Waals surface area contributed by atoms with E-state index in [4.69, 9.17) is 17.3 Å². The summed E-state index contributed by atoms with van der Waals surface area (Å²) in [6.45, 7) is 0.486. The number of aliphatic imine (C=N–C) groups is 1. The van der Waals surface area contributed by atoms with Crippen molar-refractivity contribution in [1.82, 2.24) is 0 Å². The highest BCUT2D eigenvalue weighted by Gasteiger charge is 2.02. The molecule has 2 aromatic carbocycles. The normalized spacial score (nSPS) is 10.6. The molecule has 2 aromatic rings. The smallest absolute Gasteiger partial charge is 0.224 e. The molecule has 5 nitrogen and oxygen atoms in total. The van der Waals surface area contributed by atoms with Crippen LogP contribution in [0, 0.1) is 0 Å². The summed E-state index contributed by atoms with van der Waals surface area (Å²) in [5.74, 6) is 0.284. The zero-order valence-corrected chi connectivity index (χ0v) is 16.1. The van der Waals surface area contributed by atoms with Gasteiger partial charge in [0.05, 0.1) is 0 Å². The lowest BCUT2D eigenvalue weighted by Crippen LogP contribution is -2.23. The Labute approximate surface area is 163 Å². The first-order chi connectivity index (χ1) is 11.1. The lowest BCUT2D eigenvalue weighted by Gasteiger charge is -2.06. The van der Waals surface area contributed by atoms with Crippen molar-refractivity contribution in [3.8, 4) is 0 Å². The summed E-state index contributed by atoms with van der Waals surface area (Å²) in [7, 11) is 0. The van der Waals surface area contributed by atoms with Crippen LogP contribution in [0.1, 0.15) is 12.8 Å². The van der Waals surface area contributed by atoms with Crippen molar-refractivity contribution in [2.24, 2.45) is 10.7 Å². The van der Waals surface area contributed by atoms with Crippen LogP contribution in [0.4, 0.5) is 11.4 Å². The van der Waals surface area contributed by atoms with Crippen molar-refractivity contribution >= 4 is 58.8 Å². The maximum atomic E-state index is 11.8. The van der Waals surface area contributed by atoms with Crippen LogP contribution in [0.3, 0.4) is 0 Å².